The second-order valence-corrected chi connectivity index (χ2v) is 16.4. The molecule has 1 unspecified atom stereocenters. The van der Waals surface area contributed by atoms with Gasteiger partial charge in [0.1, 0.15) is 5.60 Å². The van der Waals surface area contributed by atoms with Gasteiger partial charge in [0.2, 0.25) is 0 Å². The van der Waals surface area contributed by atoms with Crippen LogP contribution in [0.2, 0.25) is 18.1 Å². The Balaban J connectivity index is 2.70. The zero-order chi connectivity index (χ0) is 24.0. The third-order valence-electron chi connectivity index (χ3n) is 6.52. The van der Waals surface area contributed by atoms with E-state index in [-0.39, 0.29) is 16.6 Å². The third-order valence-corrected chi connectivity index (χ3v) is 11.0. The van der Waals surface area contributed by atoms with E-state index < -0.39 is 13.9 Å². The molecule has 0 bridgehead atoms. The van der Waals surface area contributed by atoms with Crippen LogP contribution in [-0.4, -0.2) is 21.0 Å². The highest BCUT2D eigenvalue weighted by molar-refractivity contribution is 6.74. The lowest BCUT2D eigenvalue weighted by Gasteiger charge is -2.48. The molecular formula is C29H44O2Si. The van der Waals surface area contributed by atoms with Crippen molar-refractivity contribution in [1.29, 1.82) is 0 Å². The normalized spacial score (nSPS) is 14.2. The Labute approximate surface area is 198 Å². The molecule has 2 nitrogen and oxygen atoms in total. The topological polar surface area (TPSA) is 18.5 Å². The van der Waals surface area contributed by atoms with Gasteiger partial charge in [-0.3, -0.25) is 0 Å². The van der Waals surface area contributed by atoms with Crippen molar-refractivity contribution in [3.63, 3.8) is 0 Å². The number of benzene rings is 2. The Morgan fingerprint density at radius 1 is 0.812 bits per heavy atom. The van der Waals surface area contributed by atoms with Gasteiger partial charge in [0.25, 0.3) is 0 Å². The van der Waals surface area contributed by atoms with Gasteiger partial charge in [-0.2, -0.15) is 0 Å². The summed E-state index contributed by atoms with van der Waals surface area (Å²) in [6.07, 6.45) is 3.59. The van der Waals surface area contributed by atoms with E-state index in [9.17, 15) is 0 Å². The van der Waals surface area contributed by atoms with Gasteiger partial charge < -0.3 is 9.16 Å². The maximum atomic E-state index is 7.42. The molecule has 2 aromatic carbocycles. The minimum atomic E-state index is -2.14. The van der Waals surface area contributed by atoms with Crippen LogP contribution in [0.5, 0.6) is 0 Å². The summed E-state index contributed by atoms with van der Waals surface area (Å²) in [5, 5.41) is 0.0866. The molecule has 0 amide bonds. The van der Waals surface area contributed by atoms with Gasteiger partial charge in [-0.25, -0.2) is 0 Å². The summed E-state index contributed by atoms with van der Waals surface area (Å²) in [6.45, 7) is 22.9. The maximum absolute atomic E-state index is 7.42. The third kappa shape index (κ3) is 6.91. The summed E-state index contributed by atoms with van der Waals surface area (Å²) in [6, 6.07) is 21.5. The van der Waals surface area contributed by atoms with Gasteiger partial charge in [-0.15, -0.1) is 6.58 Å². The summed E-state index contributed by atoms with van der Waals surface area (Å²) >= 11 is 0. The summed E-state index contributed by atoms with van der Waals surface area (Å²) in [5.74, 6) is 0. The molecule has 2 aromatic rings. The first-order valence-electron chi connectivity index (χ1n) is 11.8. The quantitative estimate of drug-likeness (QED) is 0.266. The van der Waals surface area contributed by atoms with Crippen LogP contribution in [0.1, 0.15) is 65.5 Å². The Bertz CT molecular complexity index is 789. The molecule has 32 heavy (non-hydrogen) atoms. The van der Waals surface area contributed by atoms with E-state index in [1.54, 1.807) is 0 Å². The van der Waals surface area contributed by atoms with Crippen LogP contribution in [0.25, 0.3) is 0 Å². The number of rotatable bonds is 10. The van der Waals surface area contributed by atoms with E-state index >= 15 is 0 Å². The van der Waals surface area contributed by atoms with Crippen molar-refractivity contribution in [2.75, 3.05) is 6.61 Å². The molecule has 0 spiro atoms. The molecule has 0 saturated heterocycles. The van der Waals surface area contributed by atoms with Gasteiger partial charge in [0, 0.05) is 6.42 Å². The Morgan fingerprint density at radius 3 is 1.66 bits per heavy atom. The Hall–Kier alpha value is -1.68. The van der Waals surface area contributed by atoms with E-state index in [0.717, 1.165) is 12.8 Å². The number of hydrogen-bond acceptors (Lipinski definition) is 2. The van der Waals surface area contributed by atoms with Crippen molar-refractivity contribution in [3.8, 4) is 0 Å². The van der Waals surface area contributed by atoms with Crippen LogP contribution >= 0.6 is 0 Å². The fourth-order valence-electron chi connectivity index (χ4n) is 3.96. The Kier molecular flexibility index (Phi) is 8.72. The second kappa shape index (κ2) is 10.5. The number of hydrogen-bond donors (Lipinski definition) is 0. The van der Waals surface area contributed by atoms with Crippen LogP contribution in [0.15, 0.2) is 73.3 Å². The zero-order valence-electron chi connectivity index (χ0n) is 21.6. The molecule has 0 radical (unpaired) electrons. The van der Waals surface area contributed by atoms with Crippen molar-refractivity contribution < 1.29 is 9.16 Å². The molecule has 0 heterocycles. The monoisotopic (exact) mass is 452 g/mol. The zero-order valence-corrected chi connectivity index (χ0v) is 22.6. The van der Waals surface area contributed by atoms with Gasteiger partial charge in [0.05, 0.1) is 12.7 Å². The molecule has 3 heteroatoms. The summed E-state index contributed by atoms with van der Waals surface area (Å²) in [7, 11) is -2.14. The lowest BCUT2D eigenvalue weighted by Crippen LogP contribution is -2.50. The average molecular weight is 453 g/mol. The first-order valence-corrected chi connectivity index (χ1v) is 14.8. The van der Waals surface area contributed by atoms with Gasteiger partial charge in [-0.05, 0) is 41.1 Å². The molecular weight excluding hydrogens is 408 g/mol. The lowest BCUT2D eigenvalue weighted by atomic mass is 9.78. The van der Waals surface area contributed by atoms with E-state index in [1.165, 1.54) is 11.1 Å². The molecule has 0 fully saturated rings. The maximum Gasteiger partial charge on any atom is 0.193 e. The molecule has 0 N–H and O–H groups in total. The summed E-state index contributed by atoms with van der Waals surface area (Å²) in [4.78, 5) is 0. The predicted molar refractivity (Wildman–Crippen MR) is 141 cm³/mol. The highest BCUT2D eigenvalue weighted by Gasteiger charge is 2.48. The van der Waals surface area contributed by atoms with E-state index in [4.69, 9.17) is 9.16 Å². The van der Waals surface area contributed by atoms with Crippen molar-refractivity contribution in [1.82, 2.24) is 0 Å². The molecule has 0 aliphatic carbocycles. The first kappa shape index (κ1) is 26.6. The summed E-state index contributed by atoms with van der Waals surface area (Å²) in [5.41, 5.74) is 1.94. The second-order valence-electron chi connectivity index (χ2n) is 11.6. The fraction of sp³-hybridized carbons (Fsp3) is 0.517. The smallest absolute Gasteiger partial charge is 0.193 e. The highest BCUT2D eigenvalue weighted by atomic mass is 28.4. The van der Waals surface area contributed by atoms with Crippen LogP contribution in [0.4, 0.5) is 0 Å². The van der Waals surface area contributed by atoms with Crippen molar-refractivity contribution >= 4 is 8.32 Å². The van der Waals surface area contributed by atoms with E-state index in [2.05, 4.69) is 122 Å². The van der Waals surface area contributed by atoms with Crippen molar-refractivity contribution in [2.45, 2.75) is 84.2 Å². The van der Waals surface area contributed by atoms with Crippen LogP contribution in [-0.2, 0) is 14.8 Å². The van der Waals surface area contributed by atoms with Crippen LogP contribution in [0.3, 0.4) is 0 Å². The molecule has 0 saturated carbocycles. The molecule has 0 aliphatic rings. The first-order chi connectivity index (χ1) is 14.8. The van der Waals surface area contributed by atoms with Crippen LogP contribution < -0.4 is 0 Å². The standard InChI is InChI=1S/C29H44O2Si/c1-10-21-30-26(22-27(2,3)4)23-29(24-17-13-11-14-18-24,25-19-15-12-16-20-25)31-32(8,9)28(5,6)7/h10-20,26H,1,21-23H2,2-9H3. The molecule has 176 valence electrons. The molecule has 0 aromatic heterocycles. The molecule has 1 atom stereocenters. The molecule has 0 aliphatic heterocycles. The van der Waals surface area contributed by atoms with Gasteiger partial charge in [0.15, 0.2) is 8.32 Å². The minimum absolute atomic E-state index is 0.0400. The van der Waals surface area contributed by atoms with Crippen molar-refractivity contribution in [3.05, 3.63) is 84.4 Å². The minimum Gasteiger partial charge on any atom is -0.403 e. The SMILES string of the molecule is C=CCOC(CC(C)(C)C)CC(O[Si](C)(C)C(C)(C)C)(c1ccccc1)c1ccccc1. The van der Waals surface area contributed by atoms with E-state index in [1.807, 2.05) is 6.08 Å². The van der Waals surface area contributed by atoms with E-state index in [0.29, 0.717) is 6.61 Å². The van der Waals surface area contributed by atoms with Crippen LogP contribution in [0, 0.1) is 5.41 Å². The van der Waals surface area contributed by atoms with Gasteiger partial charge in [-0.1, -0.05) is 108 Å². The Morgan fingerprint density at radius 2 is 1.28 bits per heavy atom. The predicted octanol–water partition coefficient (Wildman–Crippen LogP) is 8.35. The largest absolute Gasteiger partial charge is 0.403 e. The number of ether oxygens (including phenoxy) is 1. The van der Waals surface area contributed by atoms with Crippen molar-refractivity contribution in [2.24, 2.45) is 5.41 Å². The fourth-order valence-corrected chi connectivity index (χ4v) is 5.46. The average Bonchev–Trinajstić information content (AvgIpc) is 2.70. The lowest BCUT2D eigenvalue weighted by molar-refractivity contribution is -0.0224. The van der Waals surface area contributed by atoms with Gasteiger partial charge >= 0.3 is 0 Å². The highest BCUT2D eigenvalue weighted by Crippen LogP contribution is 2.47. The summed E-state index contributed by atoms with van der Waals surface area (Å²) < 4.78 is 13.8. The molecule has 2 rings (SSSR count).